The maximum absolute atomic E-state index is 12.5. The van der Waals surface area contributed by atoms with Crippen LogP contribution in [0.2, 0.25) is 0 Å². The Morgan fingerprint density at radius 2 is 1.76 bits per heavy atom. The van der Waals surface area contributed by atoms with Crippen molar-refractivity contribution in [3.63, 3.8) is 0 Å². The third-order valence-corrected chi connectivity index (χ3v) is 6.11. The number of sulfonamides is 1. The van der Waals surface area contributed by atoms with Crippen molar-refractivity contribution in [3.8, 4) is 0 Å². The normalized spacial score (nSPS) is 12.0. The Bertz CT molecular complexity index is 1190. The number of hydrogen-bond acceptors (Lipinski definition) is 4. The predicted octanol–water partition coefficient (Wildman–Crippen LogP) is 3.75. The zero-order valence-electron chi connectivity index (χ0n) is 16.0. The van der Waals surface area contributed by atoms with Gasteiger partial charge in [-0.05, 0) is 58.7 Å². The van der Waals surface area contributed by atoms with E-state index < -0.39 is 15.9 Å². The molecule has 3 aromatic carbocycles. The van der Waals surface area contributed by atoms with Crippen LogP contribution in [0.4, 0.5) is 5.69 Å². The highest BCUT2D eigenvalue weighted by Crippen LogP contribution is 2.28. The maximum atomic E-state index is 12.5. The summed E-state index contributed by atoms with van der Waals surface area (Å²) in [7, 11) is -3.68. The van der Waals surface area contributed by atoms with Gasteiger partial charge in [-0.1, -0.05) is 48.5 Å². The molecule has 0 heterocycles. The van der Waals surface area contributed by atoms with Crippen molar-refractivity contribution in [2.45, 2.75) is 6.92 Å². The first-order valence-corrected chi connectivity index (χ1v) is 11.7. The van der Waals surface area contributed by atoms with Crippen LogP contribution in [0.5, 0.6) is 0 Å². The number of halogens is 1. The highest BCUT2D eigenvalue weighted by molar-refractivity contribution is 14.1. The van der Waals surface area contributed by atoms with E-state index in [1.54, 1.807) is 19.1 Å². The molecule has 0 fully saturated rings. The van der Waals surface area contributed by atoms with Crippen LogP contribution in [0.15, 0.2) is 71.8 Å². The van der Waals surface area contributed by atoms with Crippen molar-refractivity contribution in [1.29, 1.82) is 0 Å². The minimum atomic E-state index is -3.68. The van der Waals surface area contributed by atoms with Gasteiger partial charge in [-0.15, -0.1) is 0 Å². The molecule has 0 spiro atoms. The number of anilines is 1. The molecule has 29 heavy (non-hydrogen) atoms. The zero-order chi connectivity index (χ0) is 21.0. The summed E-state index contributed by atoms with van der Waals surface area (Å²) in [5, 5.41) is 5.77. The Morgan fingerprint density at radius 1 is 1.07 bits per heavy atom. The number of nitrogens with zero attached hydrogens (tertiary/aromatic N) is 2. The molecule has 1 amide bonds. The molecular weight excluding hydrogens is 501 g/mol. The fourth-order valence-corrected chi connectivity index (χ4v) is 4.31. The number of carbonyl (C=O) groups is 1. The number of nitrogens with one attached hydrogen (secondary N) is 1. The van der Waals surface area contributed by atoms with Crippen LogP contribution >= 0.6 is 22.6 Å². The monoisotopic (exact) mass is 521 g/mol. The zero-order valence-corrected chi connectivity index (χ0v) is 18.9. The van der Waals surface area contributed by atoms with Gasteiger partial charge < -0.3 is 0 Å². The molecule has 150 valence electrons. The first kappa shape index (κ1) is 21.3. The third kappa shape index (κ3) is 5.33. The SMILES string of the molecule is C/C(=N/NC(=O)CN(c1cccc2ccccc12)S(C)(=O)=O)c1cccc(I)c1. The van der Waals surface area contributed by atoms with Gasteiger partial charge >= 0.3 is 0 Å². The lowest BCUT2D eigenvalue weighted by Gasteiger charge is -2.23. The summed E-state index contributed by atoms with van der Waals surface area (Å²) in [4.78, 5) is 12.5. The first-order valence-electron chi connectivity index (χ1n) is 8.80. The van der Waals surface area contributed by atoms with Crippen LogP contribution in [0.1, 0.15) is 12.5 Å². The second-order valence-electron chi connectivity index (χ2n) is 6.51. The Kier molecular flexibility index (Phi) is 6.53. The van der Waals surface area contributed by atoms with Gasteiger partial charge in [-0.3, -0.25) is 9.10 Å². The van der Waals surface area contributed by atoms with Gasteiger partial charge in [0.15, 0.2) is 0 Å². The molecule has 0 saturated heterocycles. The Balaban J connectivity index is 1.84. The number of carbonyl (C=O) groups excluding carboxylic acids is 1. The van der Waals surface area contributed by atoms with Crippen LogP contribution in [-0.4, -0.2) is 32.8 Å². The number of rotatable bonds is 6. The van der Waals surface area contributed by atoms with Crippen molar-refractivity contribution in [1.82, 2.24) is 5.43 Å². The van der Waals surface area contributed by atoms with Crippen molar-refractivity contribution in [3.05, 3.63) is 75.9 Å². The fraction of sp³-hybridized carbons (Fsp3) is 0.143. The van der Waals surface area contributed by atoms with E-state index in [4.69, 9.17) is 0 Å². The van der Waals surface area contributed by atoms with E-state index >= 15 is 0 Å². The molecule has 0 bridgehead atoms. The molecule has 0 aliphatic carbocycles. The third-order valence-electron chi connectivity index (χ3n) is 4.31. The highest BCUT2D eigenvalue weighted by Gasteiger charge is 2.22. The molecule has 8 heteroatoms. The van der Waals surface area contributed by atoms with Crippen LogP contribution in [0.25, 0.3) is 10.8 Å². The summed E-state index contributed by atoms with van der Waals surface area (Å²) in [6, 6.07) is 20.5. The lowest BCUT2D eigenvalue weighted by Crippen LogP contribution is -2.39. The largest absolute Gasteiger partial charge is 0.271 e. The summed E-state index contributed by atoms with van der Waals surface area (Å²) in [6.45, 7) is 1.42. The van der Waals surface area contributed by atoms with Crippen LogP contribution in [0, 0.1) is 3.57 Å². The van der Waals surface area contributed by atoms with E-state index in [9.17, 15) is 13.2 Å². The van der Waals surface area contributed by atoms with Crippen LogP contribution in [0.3, 0.4) is 0 Å². The number of benzene rings is 3. The van der Waals surface area contributed by atoms with Crippen LogP contribution < -0.4 is 9.73 Å². The van der Waals surface area contributed by atoms with Crippen LogP contribution in [-0.2, 0) is 14.8 Å². The van der Waals surface area contributed by atoms with E-state index in [0.717, 1.165) is 30.5 Å². The van der Waals surface area contributed by atoms with E-state index in [1.165, 1.54) is 0 Å². The van der Waals surface area contributed by atoms with E-state index in [0.29, 0.717) is 11.4 Å². The average Bonchev–Trinajstić information content (AvgIpc) is 2.69. The molecule has 1 N–H and O–H groups in total. The van der Waals surface area contributed by atoms with Crippen molar-refractivity contribution < 1.29 is 13.2 Å². The number of amides is 1. The smallest absolute Gasteiger partial charge is 0.260 e. The standard InChI is InChI=1S/C21H20IN3O3S/c1-15(17-9-5-10-18(22)13-17)23-24-21(26)14-25(29(2,27)28)20-12-6-8-16-7-3-4-11-19(16)20/h3-13H,14H2,1-2H3,(H,24,26)/b23-15-. The summed E-state index contributed by atoms with van der Waals surface area (Å²) < 4.78 is 27.0. The second kappa shape index (κ2) is 8.91. The molecule has 0 radical (unpaired) electrons. The van der Waals surface area contributed by atoms with Crippen molar-refractivity contribution >= 4 is 60.7 Å². The molecule has 6 nitrogen and oxygen atoms in total. The van der Waals surface area contributed by atoms with Crippen molar-refractivity contribution in [2.75, 3.05) is 17.1 Å². The first-order chi connectivity index (χ1) is 13.8. The van der Waals surface area contributed by atoms with E-state index in [1.807, 2.05) is 54.6 Å². The molecule has 0 saturated carbocycles. The lowest BCUT2D eigenvalue weighted by atomic mass is 10.1. The van der Waals surface area contributed by atoms with Gasteiger partial charge in [0.25, 0.3) is 5.91 Å². The molecule has 3 rings (SSSR count). The Morgan fingerprint density at radius 3 is 2.48 bits per heavy atom. The number of fused-ring (bicyclic) bond motifs is 1. The lowest BCUT2D eigenvalue weighted by molar-refractivity contribution is -0.119. The second-order valence-corrected chi connectivity index (χ2v) is 9.66. The minimum Gasteiger partial charge on any atom is -0.271 e. The topological polar surface area (TPSA) is 78.8 Å². The van der Waals surface area contributed by atoms with Gasteiger partial charge in [0, 0.05) is 8.96 Å². The molecule has 0 aliphatic heterocycles. The summed E-state index contributed by atoms with van der Waals surface area (Å²) in [6.07, 6.45) is 1.09. The van der Waals surface area contributed by atoms with Crippen molar-refractivity contribution in [2.24, 2.45) is 5.10 Å². The molecule has 0 aromatic heterocycles. The van der Waals surface area contributed by atoms with Gasteiger partial charge in [-0.25, -0.2) is 13.8 Å². The molecule has 0 atom stereocenters. The van der Waals surface area contributed by atoms with Gasteiger partial charge in [0.1, 0.15) is 6.54 Å². The molecule has 3 aromatic rings. The molecule has 0 unspecified atom stereocenters. The summed E-state index contributed by atoms with van der Waals surface area (Å²) in [5.74, 6) is -0.520. The fourth-order valence-electron chi connectivity index (χ4n) is 2.90. The Hall–Kier alpha value is -2.46. The maximum Gasteiger partial charge on any atom is 0.260 e. The average molecular weight is 521 g/mol. The van der Waals surface area contributed by atoms with E-state index in [-0.39, 0.29) is 6.54 Å². The highest BCUT2D eigenvalue weighted by atomic mass is 127. The number of hydrazone groups is 1. The minimum absolute atomic E-state index is 0.365. The predicted molar refractivity (Wildman–Crippen MR) is 126 cm³/mol. The van der Waals surface area contributed by atoms with Gasteiger partial charge in [0.05, 0.1) is 17.7 Å². The quantitative estimate of drug-likeness (QED) is 0.305. The summed E-state index contributed by atoms with van der Waals surface area (Å²) in [5.41, 5.74) is 4.43. The Labute approximate surface area is 183 Å². The van der Waals surface area contributed by atoms with Gasteiger partial charge in [-0.2, -0.15) is 5.10 Å². The van der Waals surface area contributed by atoms with Gasteiger partial charge in [0.2, 0.25) is 10.0 Å². The molecular formula is C21H20IN3O3S. The van der Waals surface area contributed by atoms with E-state index in [2.05, 4.69) is 33.1 Å². The summed E-state index contributed by atoms with van der Waals surface area (Å²) >= 11 is 2.20. The number of hydrogen-bond donors (Lipinski definition) is 1. The molecule has 0 aliphatic rings.